The average Bonchev–Trinajstić information content (AvgIpc) is 3.04. The van der Waals surface area contributed by atoms with E-state index in [0.29, 0.717) is 11.9 Å². The number of hydrogen-bond acceptors (Lipinski definition) is 5. The zero-order valence-corrected chi connectivity index (χ0v) is 18.6. The number of thiophene rings is 1. The molecule has 1 atom stereocenters. The lowest BCUT2D eigenvalue weighted by atomic mass is 9.72. The maximum atomic E-state index is 13.6. The third-order valence-electron chi connectivity index (χ3n) is 5.70. The second kappa shape index (κ2) is 7.41. The molecular formula is C23H28N4OS. The molecule has 6 heteroatoms. The summed E-state index contributed by atoms with van der Waals surface area (Å²) in [6.45, 7) is 10.7. The van der Waals surface area contributed by atoms with Crippen LogP contribution in [-0.2, 0) is 12.8 Å². The minimum Gasteiger partial charge on any atom is -0.268 e. The third-order valence-corrected chi connectivity index (χ3v) is 6.85. The number of fused-ring (bicyclic) bond motifs is 3. The molecule has 0 saturated carbocycles. The number of nitrogens with zero attached hydrogens (tertiary/aromatic N) is 3. The molecule has 29 heavy (non-hydrogen) atoms. The maximum absolute atomic E-state index is 13.6. The lowest BCUT2D eigenvalue weighted by molar-refractivity contribution is 0.218. The summed E-state index contributed by atoms with van der Waals surface area (Å²) >= 11 is 1.67. The Morgan fingerprint density at radius 1 is 1.24 bits per heavy atom. The molecule has 2 heterocycles. The Labute approximate surface area is 175 Å². The Morgan fingerprint density at radius 2 is 1.97 bits per heavy atom. The highest BCUT2D eigenvalue weighted by Crippen LogP contribution is 2.42. The van der Waals surface area contributed by atoms with E-state index in [4.69, 9.17) is 4.98 Å². The van der Waals surface area contributed by atoms with Crippen LogP contribution < -0.4 is 11.0 Å². The minimum atomic E-state index is -0.0145. The predicted octanol–water partition coefficient (Wildman–Crippen LogP) is 5.41. The van der Waals surface area contributed by atoms with Crippen LogP contribution in [0.25, 0.3) is 15.9 Å². The predicted molar refractivity (Wildman–Crippen MR) is 123 cm³/mol. The van der Waals surface area contributed by atoms with Gasteiger partial charge in [-0.25, -0.2) is 15.0 Å². The van der Waals surface area contributed by atoms with E-state index < -0.39 is 0 Å². The Bertz CT molecular complexity index is 1130. The third kappa shape index (κ3) is 3.73. The lowest BCUT2D eigenvalue weighted by Crippen LogP contribution is -2.27. The number of para-hydroxylation sites is 1. The first-order valence-corrected chi connectivity index (χ1v) is 11.0. The van der Waals surface area contributed by atoms with Gasteiger partial charge in [0.2, 0.25) is 5.95 Å². The monoisotopic (exact) mass is 408 g/mol. The molecule has 1 aromatic carbocycles. The first kappa shape index (κ1) is 19.8. The Kier molecular flexibility index (Phi) is 5.07. The molecule has 0 radical (unpaired) electrons. The van der Waals surface area contributed by atoms with Crippen molar-refractivity contribution in [1.29, 1.82) is 0 Å². The van der Waals surface area contributed by atoms with Gasteiger partial charge in [0.05, 0.1) is 11.1 Å². The van der Waals surface area contributed by atoms with Crippen LogP contribution in [0.2, 0.25) is 0 Å². The van der Waals surface area contributed by atoms with Gasteiger partial charge in [-0.05, 0) is 62.1 Å². The Hall–Kier alpha value is -2.47. The van der Waals surface area contributed by atoms with Crippen LogP contribution in [-0.4, -0.2) is 15.3 Å². The van der Waals surface area contributed by atoms with Gasteiger partial charge in [0, 0.05) is 10.6 Å². The van der Waals surface area contributed by atoms with Crippen molar-refractivity contribution in [2.45, 2.75) is 53.9 Å². The van der Waals surface area contributed by atoms with Gasteiger partial charge >= 0.3 is 0 Å². The van der Waals surface area contributed by atoms with Crippen molar-refractivity contribution in [3.05, 3.63) is 51.1 Å². The van der Waals surface area contributed by atoms with Gasteiger partial charge in [-0.1, -0.05) is 39.0 Å². The quantitative estimate of drug-likeness (QED) is 0.466. The van der Waals surface area contributed by atoms with Gasteiger partial charge in [0.25, 0.3) is 5.56 Å². The van der Waals surface area contributed by atoms with Gasteiger partial charge < -0.3 is 0 Å². The van der Waals surface area contributed by atoms with E-state index in [9.17, 15) is 4.79 Å². The summed E-state index contributed by atoms with van der Waals surface area (Å²) in [6.07, 6.45) is 3.09. The van der Waals surface area contributed by atoms with E-state index in [0.717, 1.165) is 40.9 Å². The fraction of sp³-hybridized carbons (Fsp3) is 0.435. The fourth-order valence-electron chi connectivity index (χ4n) is 4.02. The molecule has 4 rings (SSSR count). The maximum Gasteiger partial charge on any atom is 0.268 e. The zero-order valence-electron chi connectivity index (χ0n) is 17.7. The molecule has 1 N–H and O–H groups in total. The highest BCUT2D eigenvalue weighted by atomic mass is 32.1. The molecule has 3 aromatic rings. The average molecular weight is 409 g/mol. The standard InChI is InChI=1S/C23H28N4OS/c1-14(2)25-26-22-24-20-19(21(28)27(22)16-9-7-6-8-10-16)17-12-11-15(23(3,4)5)13-18(17)29-20/h6-10,15H,11-13H2,1-5H3,(H,24,26). The molecule has 0 spiro atoms. The summed E-state index contributed by atoms with van der Waals surface area (Å²) < 4.78 is 1.65. The van der Waals surface area contributed by atoms with Crippen molar-refractivity contribution in [2.24, 2.45) is 16.4 Å². The largest absolute Gasteiger partial charge is 0.268 e. The van der Waals surface area contributed by atoms with Crippen LogP contribution in [0, 0.1) is 11.3 Å². The number of hydrogen-bond donors (Lipinski definition) is 1. The number of hydrazone groups is 1. The number of benzene rings is 1. The van der Waals surface area contributed by atoms with Crippen LogP contribution in [0.3, 0.4) is 0 Å². The summed E-state index contributed by atoms with van der Waals surface area (Å²) in [6, 6.07) is 9.66. The number of nitrogens with one attached hydrogen (secondary N) is 1. The second-order valence-electron chi connectivity index (χ2n) is 9.07. The molecule has 0 fully saturated rings. The van der Waals surface area contributed by atoms with Crippen molar-refractivity contribution in [3.63, 3.8) is 0 Å². The second-order valence-corrected chi connectivity index (χ2v) is 10.2. The molecule has 0 saturated heterocycles. The molecule has 0 amide bonds. The molecule has 0 bridgehead atoms. The van der Waals surface area contributed by atoms with E-state index in [1.165, 1.54) is 10.4 Å². The highest BCUT2D eigenvalue weighted by Gasteiger charge is 2.32. The molecule has 0 aliphatic heterocycles. The van der Waals surface area contributed by atoms with Crippen molar-refractivity contribution in [1.82, 2.24) is 9.55 Å². The SMILES string of the molecule is CC(C)=NNc1nc2sc3c(c2c(=O)n1-c1ccccc1)CCC(C(C)(C)C)C3. The van der Waals surface area contributed by atoms with Crippen molar-refractivity contribution in [2.75, 3.05) is 5.43 Å². The van der Waals surface area contributed by atoms with Gasteiger partial charge in [-0.15, -0.1) is 11.3 Å². The van der Waals surface area contributed by atoms with Crippen LogP contribution in [0.15, 0.2) is 40.2 Å². The van der Waals surface area contributed by atoms with E-state index in [1.54, 1.807) is 15.9 Å². The van der Waals surface area contributed by atoms with Gasteiger partial charge in [-0.2, -0.15) is 5.10 Å². The minimum absolute atomic E-state index is 0.0145. The first-order valence-electron chi connectivity index (χ1n) is 10.2. The van der Waals surface area contributed by atoms with Crippen LogP contribution in [0.5, 0.6) is 0 Å². The number of anilines is 1. The van der Waals surface area contributed by atoms with Crippen molar-refractivity contribution in [3.8, 4) is 5.69 Å². The van der Waals surface area contributed by atoms with E-state index >= 15 is 0 Å². The fourth-order valence-corrected chi connectivity index (χ4v) is 5.31. The van der Waals surface area contributed by atoms with E-state index in [1.807, 2.05) is 44.2 Å². The zero-order chi connectivity index (χ0) is 20.8. The van der Waals surface area contributed by atoms with E-state index in [2.05, 4.69) is 31.3 Å². The summed E-state index contributed by atoms with van der Waals surface area (Å²) in [5.41, 5.74) is 6.13. The van der Waals surface area contributed by atoms with Crippen molar-refractivity contribution >= 4 is 33.2 Å². The Balaban J connectivity index is 1.92. The van der Waals surface area contributed by atoms with Crippen LogP contribution in [0.1, 0.15) is 51.5 Å². The molecule has 1 aliphatic carbocycles. The van der Waals surface area contributed by atoms with Crippen LogP contribution in [0.4, 0.5) is 5.95 Å². The molecule has 1 unspecified atom stereocenters. The topological polar surface area (TPSA) is 59.3 Å². The molecule has 1 aliphatic rings. The number of aryl methyl sites for hydroxylation is 1. The molecule has 2 aromatic heterocycles. The first-order chi connectivity index (χ1) is 13.8. The van der Waals surface area contributed by atoms with E-state index in [-0.39, 0.29) is 11.0 Å². The molecular weight excluding hydrogens is 380 g/mol. The summed E-state index contributed by atoms with van der Waals surface area (Å²) in [7, 11) is 0. The lowest BCUT2D eigenvalue weighted by Gasteiger charge is -2.33. The summed E-state index contributed by atoms with van der Waals surface area (Å²) in [4.78, 5) is 20.6. The smallest absolute Gasteiger partial charge is 0.268 e. The Morgan fingerprint density at radius 3 is 2.62 bits per heavy atom. The molecule has 5 nitrogen and oxygen atoms in total. The number of aromatic nitrogens is 2. The van der Waals surface area contributed by atoms with Crippen molar-refractivity contribution < 1.29 is 0 Å². The molecule has 152 valence electrons. The highest BCUT2D eigenvalue weighted by molar-refractivity contribution is 7.18. The van der Waals surface area contributed by atoms with Gasteiger partial charge in [-0.3, -0.25) is 4.79 Å². The van der Waals surface area contributed by atoms with Gasteiger partial charge in [0.1, 0.15) is 4.83 Å². The number of rotatable bonds is 3. The van der Waals surface area contributed by atoms with Crippen LogP contribution >= 0.6 is 11.3 Å². The normalized spacial score (nSPS) is 16.5. The van der Waals surface area contributed by atoms with Gasteiger partial charge in [0.15, 0.2) is 0 Å². The summed E-state index contributed by atoms with van der Waals surface area (Å²) in [5, 5.41) is 5.09. The summed E-state index contributed by atoms with van der Waals surface area (Å²) in [5.74, 6) is 1.09.